The van der Waals surface area contributed by atoms with Crippen LogP contribution in [0, 0.1) is 6.92 Å². The fraction of sp³-hybridized carbons (Fsp3) is 0.500. The Morgan fingerprint density at radius 3 is 2.50 bits per heavy atom. The molecule has 1 unspecified atom stereocenters. The maximum Gasteiger partial charge on any atom is 0.122 e. The molecule has 2 heteroatoms. The Labute approximate surface area is 88.7 Å². The van der Waals surface area contributed by atoms with Gasteiger partial charge in [-0.15, -0.1) is 0 Å². The second-order valence-electron chi connectivity index (χ2n) is 3.52. The van der Waals surface area contributed by atoms with Gasteiger partial charge in [0.15, 0.2) is 0 Å². The number of rotatable bonds is 6. The molecular formula is C12H19OP. The molecule has 0 bridgehead atoms. The standard InChI is InChI=1S/C12H19OP/c1-3-4-5-10-14-13-12-8-6-11(2)7-9-12/h6-9,14H,3-5,10H2,1-2H3. The Kier molecular flexibility index (Phi) is 5.63. The molecule has 14 heavy (non-hydrogen) atoms. The smallest absolute Gasteiger partial charge is 0.122 e. The minimum absolute atomic E-state index is 0.616. The van der Waals surface area contributed by atoms with Crippen molar-refractivity contribution in [1.82, 2.24) is 0 Å². The molecule has 1 aromatic rings. The Balaban J connectivity index is 2.15. The molecule has 0 aliphatic rings. The molecule has 0 amide bonds. The largest absolute Gasteiger partial charge is 0.477 e. The van der Waals surface area contributed by atoms with E-state index in [1.54, 1.807) is 0 Å². The molecule has 0 fully saturated rings. The van der Waals surface area contributed by atoms with Crippen LogP contribution in [-0.4, -0.2) is 6.16 Å². The van der Waals surface area contributed by atoms with Crippen LogP contribution in [0.25, 0.3) is 0 Å². The average molecular weight is 210 g/mol. The normalized spacial score (nSPS) is 11.0. The van der Waals surface area contributed by atoms with E-state index in [4.69, 9.17) is 4.52 Å². The molecule has 0 radical (unpaired) electrons. The van der Waals surface area contributed by atoms with E-state index in [9.17, 15) is 0 Å². The van der Waals surface area contributed by atoms with Gasteiger partial charge < -0.3 is 4.52 Å². The highest BCUT2D eigenvalue weighted by molar-refractivity contribution is 7.32. The summed E-state index contributed by atoms with van der Waals surface area (Å²) in [6.07, 6.45) is 5.10. The zero-order chi connectivity index (χ0) is 10.2. The summed E-state index contributed by atoms with van der Waals surface area (Å²) in [6.45, 7) is 4.32. The number of aryl methyl sites for hydroxylation is 1. The van der Waals surface area contributed by atoms with Crippen molar-refractivity contribution in [1.29, 1.82) is 0 Å². The van der Waals surface area contributed by atoms with Gasteiger partial charge in [-0.05, 0) is 25.5 Å². The van der Waals surface area contributed by atoms with Gasteiger partial charge in [-0.25, -0.2) is 0 Å². The maximum absolute atomic E-state index is 5.64. The number of benzene rings is 1. The van der Waals surface area contributed by atoms with Gasteiger partial charge in [0.1, 0.15) is 5.75 Å². The van der Waals surface area contributed by atoms with E-state index in [1.807, 2.05) is 12.1 Å². The van der Waals surface area contributed by atoms with Crippen molar-refractivity contribution >= 4 is 8.81 Å². The lowest BCUT2D eigenvalue weighted by Crippen LogP contribution is -1.83. The molecule has 0 aromatic heterocycles. The third-order valence-corrected chi connectivity index (χ3v) is 3.03. The maximum atomic E-state index is 5.64. The van der Waals surface area contributed by atoms with Gasteiger partial charge in [0.25, 0.3) is 0 Å². The minimum atomic E-state index is 0.616. The molecule has 0 N–H and O–H groups in total. The van der Waals surface area contributed by atoms with Gasteiger partial charge in [0, 0.05) is 6.16 Å². The molecular weight excluding hydrogens is 191 g/mol. The van der Waals surface area contributed by atoms with Crippen LogP contribution in [-0.2, 0) is 0 Å². The summed E-state index contributed by atoms with van der Waals surface area (Å²) in [6, 6.07) is 8.27. The summed E-state index contributed by atoms with van der Waals surface area (Å²) >= 11 is 0. The van der Waals surface area contributed by atoms with Crippen LogP contribution in [0.1, 0.15) is 31.7 Å². The van der Waals surface area contributed by atoms with Gasteiger partial charge in [0.2, 0.25) is 0 Å². The third kappa shape index (κ3) is 4.62. The summed E-state index contributed by atoms with van der Waals surface area (Å²) in [5.74, 6) is 1.01. The van der Waals surface area contributed by atoms with Crippen molar-refractivity contribution in [2.45, 2.75) is 33.1 Å². The van der Waals surface area contributed by atoms with E-state index in [0.717, 1.165) is 5.75 Å². The summed E-state index contributed by atoms with van der Waals surface area (Å²) in [5.41, 5.74) is 1.28. The average Bonchev–Trinajstić information content (AvgIpc) is 2.21. The predicted molar refractivity (Wildman–Crippen MR) is 64.5 cm³/mol. The van der Waals surface area contributed by atoms with Gasteiger partial charge in [-0.1, -0.05) is 37.5 Å². The van der Waals surface area contributed by atoms with Crippen LogP contribution in [0.15, 0.2) is 24.3 Å². The van der Waals surface area contributed by atoms with Crippen molar-refractivity contribution in [3.8, 4) is 5.75 Å². The molecule has 1 atom stereocenters. The molecule has 0 saturated heterocycles. The van der Waals surface area contributed by atoms with Crippen molar-refractivity contribution in [3.05, 3.63) is 29.8 Å². The van der Waals surface area contributed by atoms with Gasteiger partial charge in [0.05, 0.1) is 8.81 Å². The monoisotopic (exact) mass is 210 g/mol. The van der Waals surface area contributed by atoms with Gasteiger partial charge in [-0.3, -0.25) is 0 Å². The van der Waals surface area contributed by atoms with Crippen LogP contribution in [0.5, 0.6) is 5.75 Å². The summed E-state index contributed by atoms with van der Waals surface area (Å²) in [5, 5.41) is 0. The number of hydrogen-bond donors (Lipinski definition) is 0. The second kappa shape index (κ2) is 6.84. The third-order valence-electron chi connectivity index (χ3n) is 2.09. The van der Waals surface area contributed by atoms with E-state index < -0.39 is 0 Å². The molecule has 1 aromatic carbocycles. The van der Waals surface area contributed by atoms with E-state index in [2.05, 4.69) is 26.0 Å². The highest BCUT2D eigenvalue weighted by Gasteiger charge is 1.93. The zero-order valence-corrected chi connectivity index (χ0v) is 10.0. The van der Waals surface area contributed by atoms with Crippen molar-refractivity contribution in [3.63, 3.8) is 0 Å². The highest BCUT2D eigenvalue weighted by atomic mass is 31.1. The summed E-state index contributed by atoms with van der Waals surface area (Å²) < 4.78 is 5.64. The molecule has 0 aliphatic carbocycles. The van der Waals surface area contributed by atoms with E-state index in [0.29, 0.717) is 8.81 Å². The summed E-state index contributed by atoms with van der Waals surface area (Å²) in [4.78, 5) is 0. The molecule has 0 aliphatic heterocycles. The van der Waals surface area contributed by atoms with Crippen molar-refractivity contribution in [2.24, 2.45) is 0 Å². The van der Waals surface area contributed by atoms with Crippen molar-refractivity contribution in [2.75, 3.05) is 6.16 Å². The minimum Gasteiger partial charge on any atom is -0.477 e. The van der Waals surface area contributed by atoms with Gasteiger partial charge >= 0.3 is 0 Å². The van der Waals surface area contributed by atoms with Crippen LogP contribution in [0.4, 0.5) is 0 Å². The first-order valence-corrected chi connectivity index (χ1v) is 6.41. The SMILES string of the molecule is CCCCCPOc1ccc(C)cc1. The fourth-order valence-corrected chi connectivity index (χ4v) is 1.99. The Hall–Kier alpha value is -0.550. The molecule has 78 valence electrons. The quantitative estimate of drug-likeness (QED) is 0.506. The first-order chi connectivity index (χ1) is 6.83. The number of hydrogen-bond acceptors (Lipinski definition) is 1. The van der Waals surface area contributed by atoms with Crippen molar-refractivity contribution < 1.29 is 4.52 Å². The number of unbranched alkanes of at least 4 members (excludes halogenated alkanes) is 2. The Morgan fingerprint density at radius 2 is 1.86 bits per heavy atom. The topological polar surface area (TPSA) is 9.23 Å². The van der Waals surface area contributed by atoms with Crippen LogP contribution < -0.4 is 4.52 Å². The first kappa shape index (κ1) is 11.5. The molecule has 1 rings (SSSR count). The van der Waals surface area contributed by atoms with Gasteiger partial charge in [-0.2, -0.15) is 0 Å². The first-order valence-electron chi connectivity index (χ1n) is 5.29. The molecule has 1 nitrogen and oxygen atoms in total. The summed E-state index contributed by atoms with van der Waals surface area (Å²) in [7, 11) is 0.616. The molecule has 0 heterocycles. The zero-order valence-electron chi connectivity index (χ0n) is 9.05. The van der Waals surface area contributed by atoms with E-state index in [1.165, 1.54) is 31.0 Å². The Bertz CT molecular complexity index is 243. The lowest BCUT2D eigenvalue weighted by Gasteiger charge is -2.05. The second-order valence-corrected chi connectivity index (χ2v) is 4.51. The Morgan fingerprint density at radius 1 is 1.14 bits per heavy atom. The van der Waals surface area contributed by atoms with Crippen LogP contribution in [0.3, 0.4) is 0 Å². The lowest BCUT2D eigenvalue weighted by atomic mass is 10.2. The lowest BCUT2D eigenvalue weighted by molar-refractivity contribution is 0.624. The fourth-order valence-electron chi connectivity index (χ4n) is 1.19. The molecule has 0 saturated carbocycles. The van der Waals surface area contributed by atoms with Crippen LogP contribution in [0.2, 0.25) is 0 Å². The van der Waals surface area contributed by atoms with E-state index >= 15 is 0 Å². The van der Waals surface area contributed by atoms with E-state index in [-0.39, 0.29) is 0 Å². The predicted octanol–water partition coefficient (Wildman–Crippen LogP) is 4.16. The van der Waals surface area contributed by atoms with Crippen LogP contribution >= 0.6 is 8.81 Å². The molecule has 0 spiro atoms. The highest BCUT2D eigenvalue weighted by Crippen LogP contribution is 2.21.